The van der Waals surface area contributed by atoms with Gasteiger partial charge in [-0.15, -0.1) is 0 Å². The molecule has 0 saturated heterocycles. The van der Waals surface area contributed by atoms with Crippen LogP contribution in [0.2, 0.25) is 0 Å². The van der Waals surface area contributed by atoms with Crippen LogP contribution < -0.4 is 14.8 Å². The number of likely N-dealkylation sites (N-methyl/N-ethyl adjacent to an activating group) is 1. The zero-order valence-electron chi connectivity index (χ0n) is 11.7. The summed E-state index contributed by atoms with van der Waals surface area (Å²) >= 11 is 0. The van der Waals surface area contributed by atoms with Gasteiger partial charge in [-0.25, -0.2) is 13.2 Å². The van der Waals surface area contributed by atoms with Crippen LogP contribution in [0.1, 0.15) is 17.3 Å². The van der Waals surface area contributed by atoms with E-state index >= 15 is 0 Å². The lowest BCUT2D eigenvalue weighted by molar-refractivity contribution is -0.121. The highest BCUT2D eigenvalue weighted by atomic mass is 32.2. The average Bonchev–Trinajstić information content (AvgIpc) is 2.44. The minimum atomic E-state index is -4.03. The van der Waals surface area contributed by atoms with Gasteiger partial charge in [0, 0.05) is 7.05 Å². The number of hydrogen-bond acceptors (Lipinski definition) is 5. The van der Waals surface area contributed by atoms with Crippen LogP contribution in [0.5, 0.6) is 5.75 Å². The van der Waals surface area contributed by atoms with E-state index < -0.39 is 27.9 Å². The Morgan fingerprint density at radius 1 is 1.33 bits per heavy atom. The predicted octanol–water partition coefficient (Wildman–Crippen LogP) is -0.194. The van der Waals surface area contributed by atoms with E-state index in [0.29, 0.717) is 0 Å². The van der Waals surface area contributed by atoms with Gasteiger partial charge in [0.15, 0.2) is 0 Å². The van der Waals surface area contributed by atoms with Crippen molar-refractivity contribution in [3.8, 4) is 5.75 Å². The molecule has 0 aromatic heterocycles. The smallest absolute Gasteiger partial charge is 0.335 e. The molecule has 9 heteroatoms. The molecule has 1 atom stereocenters. The molecule has 0 aliphatic rings. The Morgan fingerprint density at radius 3 is 2.43 bits per heavy atom. The summed E-state index contributed by atoms with van der Waals surface area (Å²) in [5.74, 6) is -1.82. The third-order valence-electron chi connectivity index (χ3n) is 2.67. The zero-order chi connectivity index (χ0) is 16.2. The van der Waals surface area contributed by atoms with Crippen LogP contribution in [-0.2, 0) is 14.8 Å². The number of carboxylic acids is 1. The van der Waals surface area contributed by atoms with Crippen LogP contribution in [0.3, 0.4) is 0 Å². The van der Waals surface area contributed by atoms with Crippen LogP contribution in [0.25, 0.3) is 0 Å². The van der Waals surface area contributed by atoms with Gasteiger partial charge in [0.2, 0.25) is 15.9 Å². The normalized spacial score (nSPS) is 12.5. The van der Waals surface area contributed by atoms with Crippen molar-refractivity contribution < 1.29 is 27.9 Å². The maximum absolute atomic E-state index is 12.2. The molecular formula is C12H16N2O6S. The predicted molar refractivity (Wildman–Crippen MR) is 73.8 cm³/mol. The lowest BCUT2D eigenvalue weighted by Crippen LogP contribution is -2.43. The van der Waals surface area contributed by atoms with Crippen molar-refractivity contribution in [1.29, 1.82) is 0 Å². The molecule has 1 aromatic rings. The number of hydrogen-bond donors (Lipinski definition) is 3. The van der Waals surface area contributed by atoms with E-state index in [0.717, 1.165) is 18.2 Å². The molecule has 1 rings (SSSR count). The molecule has 116 valence electrons. The van der Waals surface area contributed by atoms with E-state index in [-0.39, 0.29) is 16.2 Å². The van der Waals surface area contributed by atoms with Crippen LogP contribution in [-0.4, -0.2) is 45.6 Å². The first-order chi connectivity index (χ1) is 9.72. The largest absolute Gasteiger partial charge is 0.495 e. The topological polar surface area (TPSA) is 122 Å². The number of aromatic carboxylic acids is 1. The fourth-order valence-electron chi connectivity index (χ4n) is 1.59. The fraction of sp³-hybridized carbons (Fsp3) is 0.333. The molecule has 0 heterocycles. The van der Waals surface area contributed by atoms with Crippen molar-refractivity contribution in [2.24, 2.45) is 0 Å². The quantitative estimate of drug-likeness (QED) is 0.668. The third kappa shape index (κ3) is 3.92. The standard InChI is InChI=1S/C12H16N2O6S/c1-7(11(15)13-2)14-21(18,19)10-5-4-8(12(16)17)6-9(10)20-3/h4-7,14H,1-3H3,(H,13,15)(H,16,17). The van der Waals surface area contributed by atoms with Crippen molar-refractivity contribution in [3.63, 3.8) is 0 Å². The van der Waals surface area contributed by atoms with Crippen molar-refractivity contribution in [2.75, 3.05) is 14.2 Å². The average molecular weight is 316 g/mol. The van der Waals surface area contributed by atoms with Gasteiger partial charge < -0.3 is 15.2 Å². The SMILES string of the molecule is CNC(=O)C(C)NS(=O)(=O)c1ccc(C(=O)O)cc1OC. The highest BCUT2D eigenvalue weighted by molar-refractivity contribution is 7.89. The molecule has 1 aromatic carbocycles. The molecule has 3 N–H and O–H groups in total. The van der Waals surface area contributed by atoms with Gasteiger partial charge in [0.25, 0.3) is 0 Å². The van der Waals surface area contributed by atoms with E-state index in [1.165, 1.54) is 21.1 Å². The fourth-order valence-corrected chi connectivity index (χ4v) is 2.94. The minimum Gasteiger partial charge on any atom is -0.495 e. The van der Waals surface area contributed by atoms with Gasteiger partial charge in [0.1, 0.15) is 10.6 Å². The highest BCUT2D eigenvalue weighted by Gasteiger charge is 2.25. The number of nitrogens with one attached hydrogen (secondary N) is 2. The number of amides is 1. The van der Waals surface area contributed by atoms with Gasteiger partial charge in [-0.05, 0) is 25.1 Å². The summed E-state index contributed by atoms with van der Waals surface area (Å²) in [5.41, 5.74) is -0.106. The summed E-state index contributed by atoms with van der Waals surface area (Å²) in [6, 6.07) is 2.37. The molecule has 0 saturated carbocycles. The van der Waals surface area contributed by atoms with Gasteiger partial charge in [0.05, 0.1) is 18.7 Å². The van der Waals surface area contributed by atoms with Crippen molar-refractivity contribution in [3.05, 3.63) is 23.8 Å². The van der Waals surface area contributed by atoms with Gasteiger partial charge in [-0.1, -0.05) is 0 Å². The Labute approximate surface area is 122 Å². The second-order valence-electron chi connectivity index (χ2n) is 4.13. The maximum Gasteiger partial charge on any atom is 0.335 e. The first-order valence-corrected chi connectivity index (χ1v) is 7.36. The molecule has 8 nitrogen and oxygen atoms in total. The Balaban J connectivity index is 3.19. The molecule has 21 heavy (non-hydrogen) atoms. The molecular weight excluding hydrogens is 300 g/mol. The monoisotopic (exact) mass is 316 g/mol. The summed E-state index contributed by atoms with van der Waals surface area (Å²) in [6.45, 7) is 1.38. The summed E-state index contributed by atoms with van der Waals surface area (Å²) in [6.07, 6.45) is 0. The number of carbonyl (C=O) groups excluding carboxylic acids is 1. The van der Waals surface area contributed by atoms with Crippen LogP contribution in [0.4, 0.5) is 0 Å². The third-order valence-corrected chi connectivity index (χ3v) is 4.25. The zero-order valence-corrected chi connectivity index (χ0v) is 12.5. The first kappa shape index (κ1) is 16.9. The van der Waals surface area contributed by atoms with E-state index in [9.17, 15) is 18.0 Å². The molecule has 0 aliphatic carbocycles. The minimum absolute atomic E-state index is 0.106. The lowest BCUT2D eigenvalue weighted by atomic mass is 10.2. The molecule has 1 unspecified atom stereocenters. The Hall–Kier alpha value is -2.13. The maximum atomic E-state index is 12.2. The van der Waals surface area contributed by atoms with Crippen LogP contribution in [0, 0.1) is 0 Å². The summed E-state index contributed by atoms with van der Waals surface area (Å²) in [5, 5.41) is 11.2. The molecule has 0 aliphatic heterocycles. The number of carboxylic acid groups (broad SMARTS) is 1. The number of ether oxygens (including phenoxy) is 1. The Kier molecular flexibility index (Phi) is 5.28. The van der Waals surface area contributed by atoms with Crippen molar-refractivity contribution >= 4 is 21.9 Å². The first-order valence-electron chi connectivity index (χ1n) is 5.88. The number of methoxy groups -OCH3 is 1. The Bertz CT molecular complexity index is 656. The van der Waals surface area contributed by atoms with Gasteiger partial charge in [-0.2, -0.15) is 4.72 Å². The van der Waals surface area contributed by atoms with E-state index in [1.54, 1.807) is 0 Å². The summed E-state index contributed by atoms with van der Waals surface area (Å²) in [4.78, 5) is 22.0. The highest BCUT2D eigenvalue weighted by Crippen LogP contribution is 2.25. The van der Waals surface area contributed by atoms with Crippen LogP contribution in [0.15, 0.2) is 23.1 Å². The molecule has 0 bridgehead atoms. The summed E-state index contributed by atoms with van der Waals surface area (Å²) < 4.78 is 31.5. The molecule has 1 amide bonds. The number of rotatable bonds is 6. The second-order valence-corrected chi connectivity index (χ2v) is 5.81. The molecule has 0 spiro atoms. The number of benzene rings is 1. The van der Waals surface area contributed by atoms with Crippen molar-refractivity contribution in [2.45, 2.75) is 17.9 Å². The molecule has 0 fully saturated rings. The second kappa shape index (κ2) is 6.55. The van der Waals surface area contributed by atoms with Crippen LogP contribution >= 0.6 is 0 Å². The number of carbonyl (C=O) groups is 2. The van der Waals surface area contributed by atoms with E-state index in [1.807, 2.05) is 0 Å². The lowest BCUT2D eigenvalue weighted by Gasteiger charge is -2.15. The van der Waals surface area contributed by atoms with E-state index in [2.05, 4.69) is 10.0 Å². The molecule has 0 radical (unpaired) electrons. The van der Waals surface area contributed by atoms with Crippen molar-refractivity contribution in [1.82, 2.24) is 10.0 Å². The Morgan fingerprint density at radius 2 is 1.95 bits per heavy atom. The number of sulfonamides is 1. The van der Waals surface area contributed by atoms with E-state index in [4.69, 9.17) is 9.84 Å². The van der Waals surface area contributed by atoms with Gasteiger partial charge in [-0.3, -0.25) is 4.79 Å². The van der Waals surface area contributed by atoms with Gasteiger partial charge >= 0.3 is 5.97 Å². The summed E-state index contributed by atoms with van der Waals surface area (Å²) in [7, 11) is -1.42.